The second-order valence-corrected chi connectivity index (χ2v) is 10.9. The predicted molar refractivity (Wildman–Crippen MR) is 125 cm³/mol. The molecule has 0 fully saturated rings. The van der Waals surface area contributed by atoms with E-state index in [2.05, 4.69) is 47.8 Å². The maximum Gasteiger partial charge on any atom is 0.269 e. The van der Waals surface area contributed by atoms with Crippen LogP contribution in [0.5, 0.6) is 11.5 Å². The molecule has 3 rings (SSSR count). The van der Waals surface area contributed by atoms with Gasteiger partial charge in [-0.05, 0) is 76.3 Å². The van der Waals surface area contributed by atoms with Crippen LogP contribution in [0.3, 0.4) is 0 Å². The van der Waals surface area contributed by atoms with Crippen LogP contribution in [-0.2, 0) is 10.0 Å². The monoisotopic (exact) mass is 608 g/mol. The van der Waals surface area contributed by atoms with Gasteiger partial charge in [-0.15, -0.1) is 0 Å². The number of rotatable bonds is 7. The van der Waals surface area contributed by atoms with Crippen LogP contribution in [0.4, 0.5) is 0 Å². The first-order valence-electron chi connectivity index (χ1n) is 8.52. The summed E-state index contributed by atoms with van der Waals surface area (Å²) < 4.78 is 41.2. The number of nitrogens with zero attached hydrogens (tertiary/aromatic N) is 2. The largest absolute Gasteiger partial charge is 0.497 e. The zero-order valence-electron chi connectivity index (χ0n) is 15.9. The van der Waals surface area contributed by atoms with E-state index in [1.807, 2.05) is 25.1 Å². The molecule has 10 heteroatoms. The molecule has 0 spiro atoms. The molecule has 156 valence electrons. The van der Waals surface area contributed by atoms with E-state index in [1.165, 1.54) is 23.3 Å². The van der Waals surface area contributed by atoms with Crippen molar-refractivity contribution in [2.24, 2.45) is 0 Å². The maximum atomic E-state index is 13.5. The summed E-state index contributed by atoms with van der Waals surface area (Å²) in [6.45, 7) is 1.14. The smallest absolute Gasteiger partial charge is 0.269 e. The molecule has 0 saturated carbocycles. The van der Waals surface area contributed by atoms with Gasteiger partial charge in [-0.3, -0.25) is 0 Å². The highest BCUT2D eigenvalue weighted by atomic mass is 79.9. The lowest BCUT2D eigenvalue weighted by Crippen LogP contribution is -2.19. The predicted octanol–water partition coefficient (Wildman–Crippen LogP) is 5.11. The van der Waals surface area contributed by atoms with Crippen molar-refractivity contribution in [1.29, 1.82) is 0 Å². The summed E-state index contributed by atoms with van der Waals surface area (Å²) in [4.78, 5) is 2.13. The minimum absolute atomic E-state index is 0.130. The molecule has 29 heavy (non-hydrogen) atoms. The van der Waals surface area contributed by atoms with Gasteiger partial charge in [0.25, 0.3) is 10.0 Å². The minimum Gasteiger partial charge on any atom is -0.497 e. The Morgan fingerprint density at radius 1 is 1.07 bits per heavy atom. The fourth-order valence-corrected chi connectivity index (χ4v) is 6.72. The third kappa shape index (κ3) is 4.66. The Hall–Kier alpha value is -1.07. The third-order valence-corrected chi connectivity index (χ3v) is 7.92. The molecule has 0 atom stereocenters. The lowest BCUT2D eigenvalue weighted by atomic mass is 10.2. The highest BCUT2D eigenvalue weighted by Gasteiger charge is 2.26. The van der Waals surface area contributed by atoms with E-state index in [-0.39, 0.29) is 4.90 Å². The molecule has 0 amide bonds. The molecule has 0 N–H and O–H groups in total. The quantitative estimate of drug-likeness (QED) is 0.372. The summed E-state index contributed by atoms with van der Waals surface area (Å²) in [5.41, 5.74) is 0.510. The Bertz CT molecular complexity index is 1160. The van der Waals surface area contributed by atoms with E-state index in [4.69, 9.17) is 9.47 Å². The van der Waals surface area contributed by atoms with E-state index < -0.39 is 10.0 Å². The number of benzene rings is 2. The maximum absolute atomic E-state index is 13.5. The van der Waals surface area contributed by atoms with Crippen LogP contribution in [-0.4, -0.2) is 51.6 Å². The average Bonchev–Trinajstić information content (AvgIpc) is 3.00. The van der Waals surface area contributed by atoms with Crippen LogP contribution in [0, 0.1) is 0 Å². The Balaban J connectivity index is 2.18. The Morgan fingerprint density at radius 2 is 1.79 bits per heavy atom. The summed E-state index contributed by atoms with van der Waals surface area (Å²) in [7, 11) is 1.53. The van der Waals surface area contributed by atoms with Gasteiger partial charge in [0.2, 0.25) is 0 Å². The van der Waals surface area contributed by atoms with E-state index in [9.17, 15) is 8.42 Å². The van der Waals surface area contributed by atoms with Gasteiger partial charge in [0.1, 0.15) is 23.0 Å². The molecule has 0 saturated heterocycles. The van der Waals surface area contributed by atoms with Crippen LogP contribution >= 0.6 is 47.8 Å². The van der Waals surface area contributed by atoms with Gasteiger partial charge in [0, 0.05) is 25.3 Å². The van der Waals surface area contributed by atoms with Gasteiger partial charge in [-0.1, -0.05) is 15.9 Å². The zero-order valence-corrected chi connectivity index (χ0v) is 21.5. The molecule has 0 radical (unpaired) electrons. The van der Waals surface area contributed by atoms with E-state index >= 15 is 0 Å². The van der Waals surface area contributed by atoms with Crippen molar-refractivity contribution in [2.45, 2.75) is 4.90 Å². The zero-order chi connectivity index (χ0) is 21.3. The molecular formula is C19H19Br3N2O4S. The summed E-state index contributed by atoms with van der Waals surface area (Å²) in [6.07, 6.45) is 1.52. The average molecular weight is 611 g/mol. The van der Waals surface area contributed by atoms with E-state index in [0.717, 1.165) is 4.47 Å². The second-order valence-electron chi connectivity index (χ2n) is 6.53. The molecule has 0 aliphatic rings. The van der Waals surface area contributed by atoms with Gasteiger partial charge in [-0.2, -0.15) is 0 Å². The Morgan fingerprint density at radius 3 is 2.41 bits per heavy atom. The summed E-state index contributed by atoms with van der Waals surface area (Å²) in [5, 5.41) is 0.693. The van der Waals surface area contributed by atoms with Crippen molar-refractivity contribution in [3.8, 4) is 11.5 Å². The van der Waals surface area contributed by atoms with Crippen molar-refractivity contribution in [1.82, 2.24) is 8.87 Å². The molecule has 0 aliphatic carbocycles. The molecule has 3 aromatic rings. The van der Waals surface area contributed by atoms with Crippen LogP contribution in [0.25, 0.3) is 10.9 Å². The van der Waals surface area contributed by atoms with Crippen molar-refractivity contribution in [2.75, 3.05) is 34.4 Å². The van der Waals surface area contributed by atoms with E-state index in [1.54, 1.807) is 18.2 Å². The number of methoxy groups -OCH3 is 1. The lowest BCUT2D eigenvalue weighted by molar-refractivity contribution is 0.263. The molecule has 0 aliphatic heterocycles. The molecular weight excluding hydrogens is 592 g/mol. The molecule has 1 heterocycles. The Labute approximate surface area is 195 Å². The first-order valence-corrected chi connectivity index (χ1v) is 12.3. The minimum atomic E-state index is -3.90. The normalized spacial score (nSPS) is 12.0. The fraction of sp³-hybridized carbons (Fsp3) is 0.263. The van der Waals surface area contributed by atoms with Gasteiger partial charge in [0.05, 0.1) is 18.8 Å². The van der Waals surface area contributed by atoms with Crippen LogP contribution < -0.4 is 9.47 Å². The number of halogens is 3. The molecule has 0 bridgehead atoms. The van der Waals surface area contributed by atoms with Crippen molar-refractivity contribution >= 4 is 68.7 Å². The number of hydrogen-bond acceptors (Lipinski definition) is 5. The Kier molecular flexibility index (Phi) is 6.99. The van der Waals surface area contributed by atoms with Crippen LogP contribution in [0.15, 0.2) is 54.8 Å². The van der Waals surface area contributed by atoms with Crippen molar-refractivity contribution in [3.05, 3.63) is 49.9 Å². The van der Waals surface area contributed by atoms with E-state index in [0.29, 0.717) is 44.5 Å². The first-order chi connectivity index (χ1) is 13.6. The molecule has 1 aromatic heterocycles. The summed E-state index contributed by atoms with van der Waals surface area (Å²) in [6, 6.07) is 8.41. The first kappa shape index (κ1) is 22.6. The van der Waals surface area contributed by atoms with Crippen LogP contribution in [0.1, 0.15) is 0 Å². The van der Waals surface area contributed by atoms with Gasteiger partial charge in [0.15, 0.2) is 0 Å². The number of likely N-dealkylation sites (N-methyl/N-ethyl adjacent to an activating group) is 1. The molecule has 2 aromatic carbocycles. The SMILES string of the molecule is COc1ccc(S(=O)(=O)n2cc(OCCN(C)C)c3cc(Br)cc(Br)c32)c(Br)c1. The summed E-state index contributed by atoms with van der Waals surface area (Å²) >= 11 is 10.3. The van der Waals surface area contributed by atoms with Crippen molar-refractivity contribution in [3.63, 3.8) is 0 Å². The highest BCUT2D eigenvalue weighted by molar-refractivity contribution is 9.11. The molecule has 6 nitrogen and oxygen atoms in total. The number of hydrogen-bond donors (Lipinski definition) is 0. The lowest BCUT2D eigenvalue weighted by Gasteiger charge is -2.11. The van der Waals surface area contributed by atoms with Gasteiger partial charge >= 0.3 is 0 Å². The number of aromatic nitrogens is 1. The van der Waals surface area contributed by atoms with Gasteiger partial charge < -0.3 is 14.4 Å². The standard InChI is InChI=1S/C19H19Br3N2O4S/c1-23(2)6-7-28-17-11-24(19-14(17)8-12(20)9-16(19)22)29(25,26)18-5-4-13(27-3)10-15(18)21/h4-5,8-11H,6-7H2,1-3H3. The highest BCUT2D eigenvalue weighted by Crippen LogP contribution is 2.39. The fourth-order valence-electron chi connectivity index (χ4n) is 2.78. The van der Waals surface area contributed by atoms with Crippen LogP contribution in [0.2, 0.25) is 0 Å². The molecule has 0 unspecified atom stereocenters. The topological polar surface area (TPSA) is 60.8 Å². The number of fused-ring (bicyclic) bond motifs is 1. The summed E-state index contributed by atoms with van der Waals surface area (Å²) in [5.74, 6) is 1.06. The van der Waals surface area contributed by atoms with Crippen molar-refractivity contribution < 1.29 is 17.9 Å². The number of ether oxygens (including phenoxy) is 2. The third-order valence-electron chi connectivity index (χ3n) is 4.22. The second kappa shape index (κ2) is 8.97. The van der Waals surface area contributed by atoms with Gasteiger partial charge in [-0.25, -0.2) is 12.4 Å².